The van der Waals surface area contributed by atoms with Crippen molar-refractivity contribution in [2.45, 2.75) is 0 Å². The zero-order valence-corrected chi connectivity index (χ0v) is 11.4. The SMILES string of the molecule is O=C(NNC(=O)c1c[nH]c2ccccc12)c1ccccc1F. The third-order valence-corrected chi connectivity index (χ3v) is 3.24. The van der Waals surface area contributed by atoms with Gasteiger partial charge in [0.15, 0.2) is 0 Å². The maximum atomic E-state index is 13.5. The Morgan fingerprint density at radius 2 is 1.50 bits per heavy atom. The van der Waals surface area contributed by atoms with Crippen molar-refractivity contribution in [3.63, 3.8) is 0 Å². The molecule has 3 rings (SSSR count). The number of aromatic nitrogens is 1. The largest absolute Gasteiger partial charge is 0.360 e. The number of para-hydroxylation sites is 1. The average Bonchev–Trinajstić information content (AvgIpc) is 2.97. The van der Waals surface area contributed by atoms with Crippen LogP contribution in [0.5, 0.6) is 0 Å². The minimum atomic E-state index is -0.716. The number of aromatic amines is 1. The van der Waals surface area contributed by atoms with E-state index in [0.29, 0.717) is 5.56 Å². The summed E-state index contributed by atoms with van der Waals surface area (Å²) >= 11 is 0. The van der Waals surface area contributed by atoms with Crippen LogP contribution in [0.15, 0.2) is 54.7 Å². The van der Waals surface area contributed by atoms with E-state index in [1.54, 1.807) is 18.3 Å². The van der Waals surface area contributed by atoms with Gasteiger partial charge in [-0.05, 0) is 18.2 Å². The van der Waals surface area contributed by atoms with Crippen molar-refractivity contribution in [3.8, 4) is 0 Å². The highest BCUT2D eigenvalue weighted by Crippen LogP contribution is 2.17. The molecule has 0 unspecified atom stereocenters. The van der Waals surface area contributed by atoms with Crippen LogP contribution in [0.3, 0.4) is 0 Å². The summed E-state index contributed by atoms with van der Waals surface area (Å²) in [5, 5.41) is 0.736. The van der Waals surface area contributed by atoms with Gasteiger partial charge in [-0.15, -0.1) is 0 Å². The summed E-state index contributed by atoms with van der Waals surface area (Å²) in [6.45, 7) is 0. The van der Waals surface area contributed by atoms with Gasteiger partial charge in [0.2, 0.25) is 0 Å². The van der Waals surface area contributed by atoms with Crippen molar-refractivity contribution in [2.24, 2.45) is 0 Å². The highest BCUT2D eigenvalue weighted by molar-refractivity contribution is 6.07. The highest BCUT2D eigenvalue weighted by atomic mass is 19.1. The third-order valence-electron chi connectivity index (χ3n) is 3.24. The second kappa shape index (κ2) is 5.69. The second-order valence-electron chi connectivity index (χ2n) is 4.64. The number of benzene rings is 2. The normalized spacial score (nSPS) is 10.4. The van der Waals surface area contributed by atoms with Gasteiger partial charge >= 0.3 is 0 Å². The molecule has 2 amide bonds. The predicted octanol–water partition coefficient (Wildman–Crippen LogP) is 2.38. The van der Waals surface area contributed by atoms with Crippen LogP contribution in [-0.2, 0) is 0 Å². The molecule has 110 valence electrons. The topological polar surface area (TPSA) is 74.0 Å². The van der Waals surface area contributed by atoms with Crippen molar-refractivity contribution >= 4 is 22.7 Å². The average molecular weight is 297 g/mol. The second-order valence-corrected chi connectivity index (χ2v) is 4.64. The van der Waals surface area contributed by atoms with Crippen LogP contribution in [0.2, 0.25) is 0 Å². The van der Waals surface area contributed by atoms with Gasteiger partial charge in [0.25, 0.3) is 11.8 Å². The fraction of sp³-hybridized carbons (Fsp3) is 0. The monoisotopic (exact) mass is 297 g/mol. The van der Waals surface area contributed by atoms with Crippen molar-refractivity contribution in [2.75, 3.05) is 0 Å². The Hall–Kier alpha value is -3.15. The molecule has 2 aromatic carbocycles. The van der Waals surface area contributed by atoms with Gasteiger partial charge in [-0.1, -0.05) is 30.3 Å². The summed E-state index contributed by atoms with van der Waals surface area (Å²) in [5.74, 6) is -1.85. The molecule has 1 heterocycles. The number of rotatable bonds is 2. The maximum Gasteiger partial charge on any atom is 0.272 e. The quantitative estimate of drug-likeness (QED) is 0.635. The Kier molecular flexibility index (Phi) is 3.57. The van der Waals surface area contributed by atoms with Gasteiger partial charge in [-0.3, -0.25) is 20.4 Å². The van der Waals surface area contributed by atoms with E-state index in [2.05, 4.69) is 15.8 Å². The number of halogens is 1. The zero-order chi connectivity index (χ0) is 15.5. The Balaban J connectivity index is 1.73. The Labute approximate surface area is 125 Å². The molecule has 0 fully saturated rings. The van der Waals surface area contributed by atoms with E-state index >= 15 is 0 Å². The van der Waals surface area contributed by atoms with Crippen molar-refractivity contribution in [1.29, 1.82) is 0 Å². The van der Waals surface area contributed by atoms with Gasteiger partial charge in [-0.25, -0.2) is 4.39 Å². The predicted molar refractivity (Wildman–Crippen MR) is 79.6 cm³/mol. The van der Waals surface area contributed by atoms with E-state index in [1.165, 1.54) is 18.2 Å². The molecule has 0 radical (unpaired) electrons. The molecule has 0 aliphatic carbocycles. The minimum Gasteiger partial charge on any atom is -0.360 e. The Bertz CT molecular complexity index is 857. The molecule has 0 aliphatic rings. The lowest BCUT2D eigenvalue weighted by atomic mass is 10.2. The lowest BCUT2D eigenvalue weighted by Crippen LogP contribution is -2.41. The van der Waals surface area contributed by atoms with E-state index < -0.39 is 17.6 Å². The summed E-state index contributed by atoms with van der Waals surface area (Å²) < 4.78 is 13.5. The number of hydrogen-bond donors (Lipinski definition) is 3. The first-order valence-electron chi connectivity index (χ1n) is 6.58. The van der Waals surface area contributed by atoms with E-state index in [0.717, 1.165) is 10.9 Å². The summed E-state index contributed by atoms with van der Waals surface area (Å²) in [6, 6.07) is 12.8. The molecular weight excluding hydrogens is 285 g/mol. The Morgan fingerprint density at radius 3 is 2.27 bits per heavy atom. The molecule has 0 saturated heterocycles. The number of fused-ring (bicyclic) bond motifs is 1. The molecule has 6 heteroatoms. The molecule has 3 N–H and O–H groups in total. The maximum absolute atomic E-state index is 13.5. The number of nitrogens with one attached hydrogen (secondary N) is 3. The molecule has 1 aromatic heterocycles. The van der Waals surface area contributed by atoms with Crippen LogP contribution in [0.4, 0.5) is 4.39 Å². The lowest BCUT2D eigenvalue weighted by Gasteiger charge is -2.07. The molecule has 22 heavy (non-hydrogen) atoms. The molecule has 0 atom stereocenters. The first kappa shape index (κ1) is 13.8. The molecule has 0 bridgehead atoms. The fourth-order valence-electron chi connectivity index (χ4n) is 2.15. The summed E-state index contributed by atoms with van der Waals surface area (Å²) in [4.78, 5) is 26.9. The van der Waals surface area contributed by atoms with Crippen LogP contribution in [0, 0.1) is 5.82 Å². The first-order chi connectivity index (χ1) is 10.7. The van der Waals surface area contributed by atoms with E-state index in [1.807, 2.05) is 18.2 Å². The first-order valence-corrected chi connectivity index (χ1v) is 6.58. The third kappa shape index (κ3) is 2.54. The van der Waals surface area contributed by atoms with Crippen LogP contribution in [-0.4, -0.2) is 16.8 Å². The molecule has 0 aliphatic heterocycles. The number of hydrogen-bond acceptors (Lipinski definition) is 2. The molecular formula is C16H12FN3O2. The van der Waals surface area contributed by atoms with Crippen LogP contribution in [0.25, 0.3) is 10.9 Å². The van der Waals surface area contributed by atoms with Crippen LogP contribution >= 0.6 is 0 Å². The Morgan fingerprint density at radius 1 is 0.864 bits per heavy atom. The smallest absolute Gasteiger partial charge is 0.272 e. The molecule has 0 spiro atoms. The van der Waals surface area contributed by atoms with E-state index in [4.69, 9.17) is 0 Å². The summed E-state index contributed by atoms with van der Waals surface area (Å²) in [7, 11) is 0. The van der Waals surface area contributed by atoms with Gasteiger partial charge in [0.1, 0.15) is 5.82 Å². The molecule has 5 nitrogen and oxygen atoms in total. The number of carbonyl (C=O) groups is 2. The van der Waals surface area contributed by atoms with Gasteiger partial charge < -0.3 is 4.98 Å². The standard InChI is InChI=1S/C16H12FN3O2/c17-13-7-3-1-6-11(13)15(21)19-20-16(22)12-9-18-14-8-4-2-5-10(12)14/h1-9,18H,(H,19,21)(H,20,22). The van der Waals surface area contributed by atoms with Crippen molar-refractivity contribution in [3.05, 3.63) is 71.7 Å². The summed E-state index contributed by atoms with van der Waals surface area (Å²) in [6.07, 6.45) is 1.55. The van der Waals surface area contributed by atoms with Gasteiger partial charge in [0, 0.05) is 17.1 Å². The summed E-state index contributed by atoms with van der Waals surface area (Å²) in [5.41, 5.74) is 5.55. The van der Waals surface area contributed by atoms with Crippen molar-refractivity contribution < 1.29 is 14.0 Å². The molecule has 3 aromatic rings. The minimum absolute atomic E-state index is 0.137. The lowest BCUT2D eigenvalue weighted by molar-refractivity contribution is 0.0845. The fourth-order valence-corrected chi connectivity index (χ4v) is 2.15. The number of hydrazine groups is 1. The van der Waals surface area contributed by atoms with E-state index in [9.17, 15) is 14.0 Å². The van der Waals surface area contributed by atoms with Crippen molar-refractivity contribution in [1.82, 2.24) is 15.8 Å². The van der Waals surface area contributed by atoms with Gasteiger partial charge in [-0.2, -0.15) is 0 Å². The number of amides is 2. The highest BCUT2D eigenvalue weighted by Gasteiger charge is 2.14. The molecule has 0 saturated carbocycles. The van der Waals surface area contributed by atoms with Crippen LogP contribution in [0.1, 0.15) is 20.7 Å². The van der Waals surface area contributed by atoms with E-state index in [-0.39, 0.29) is 5.56 Å². The zero-order valence-electron chi connectivity index (χ0n) is 11.4. The van der Waals surface area contributed by atoms with Gasteiger partial charge in [0.05, 0.1) is 11.1 Å². The number of carbonyl (C=O) groups excluding carboxylic acids is 2. The van der Waals surface area contributed by atoms with Crippen LogP contribution < -0.4 is 10.9 Å². The number of H-pyrrole nitrogens is 1.